The summed E-state index contributed by atoms with van der Waals surface area (Å²) in [7, 11) is 0. The molecule has 0 aromatic carbocycles. The predicted octanol–water partition coefficient (Wildman–Crippen LogP) is 0.493. The molecular weight excluding hydrogens is 294 g/mol. The molecule has 0 bridgehead atoms. The van der Waals surface area contributed by atoms with Crippen molar-refractivity contribution in [1.82, 2.24) is 15.1 Å². The van der Waals surface area contributed by atoms with Crippen LogP contribution in [0.15, 0.2) is 0 Å². The van der Waals surface area contributed by atoms with Crippen LogP contribution in [0.2, 0.25) is 0 Å². The maximum Gasteiger partial charge on any atom is 0.239 e. The molecule has 3 fully saturated rings. The van der Waals surface area contributed by atoms with E-state index in [1.807, 2.05) is 0 Å². The Bertz CT molecular complexity index is 437. The summed E-state index contributed by atoms with van der Waals surface area (Å²) in [5.74, 6) is -0.0501. The Kier molecular flexibility index (Phi) is 5.54. The van der Waals surface area contributed by atoms with Gasteiger partial charge in [-0.25, -0.2) is 0 Å². The first-order chi connectivity index (χ1) is 11.1. The Hall–Kier alpha value is -1.14. The molecule has 0 radical (unpaired) electrons. The monoisotopic (exact) mass is 323 g/mol. The van der Waals surface area contributed by atoms with Gasteiger partial charge in [0.25, 0.3) is 0 Å². The van der Waals surface area contributed by atoms with E-state index in [1.54, 1.807) is 4.90 Å². The fraction of sp³-hybridized carbons (Fsp3) is 0.882. The van der Waals surface area contributed by atoms with Gasteiger partial charge in [-0.1, -0.05) is 6.42 Å². The lowest BCUT2D eigenvalue weighted by Gasteiger charge is -2.28. The Morgan fingerprint density at radius 1 is 1.09 bits per heavy atom. The fourth-order valence-corrected chi connectivity index (χ4v) is 4.22. The van der Waals surface area contributed by atoms with Gasteiger partial charge in [-0.3, -0.25) is 14.5 Å². The maximum absolute atomic E-state index is 12.3. The number of hydrogen-bond acceptors (Lipinski definition) is 4. The summed E-state index contributed by atoms with van der Waals surface area (Å²) in [4.78, 5) is 28.3. The smallest absolute Gasteiger partial charge is 0.239 e. The van der Waals surface area contributed by atoms with E-state index in [4.69, 9.17) is 0 Å². The van der Waals surface area contributed by atoms with Gasteiger partial charge in [0.15, 0.2) is 0 Å². The molecule has 3 atom stereocenters. The quantitative estimate of drug-likeness (QED) is 0.790. The van der Waals surface area contributed by atoms with E-state index < -0.39 is 6.10 Å². The molecule has 6 heteroatoms. The van der Waals surface area contributed by atoms with Crippen LogP contribution in [0.25, 0.3) is 0 Å². The molecular formula is C17H29N3O3. The molecule has 0 unspecified atom stereocenters. The van der Waals surface area contributed by atoms with Crippen molar-refractivity contribution in [3.63, 3.8) is 0 Å². The van der Waals surface area contributed by atoms with Gasteiger partial charge >= 0.3 is 0 Å². The number of aliphatic hydroxyl groups excluding tert-OH is 1. The normalized spacial score (nSPS) is 33.0. The van der Waals surface area contributed by atoms with Gasteiger partial charge < -0.3 is 15.3 Å². The number of nitrogens with zero attached hydrogens (tertiary/aromatic N) is 2. The second-order valence-corrected chi connectivity index (χ2v) is 7.18. The van der Waals surface area contributed by atoms with E-state index in [1.165, 1.54) is 12.8 Å². The van der Waals surface area contributed by atoms with Crippen LogP contribution in [0.4, 0.5) is 0 Å². The minimum atomic E-state index is -0.489. The number of likely N-dealkylation sites (tertiary alicyclic amines) is 2. The molecule has 3 rings (SSSR count). The van der Waals surface area contributed by atoms with E-state index in [0.717, 1.165) is 45.2 Å². The van der Waals surface area contributed by atoms with Gasteiger partial charge in [-0.2, -0.15) is 0 Å². The van der Waals surface area contributed by atoms with Crippen molar-refractivity contribution in [1.29, 1.82) is 0 Å². The van der Waals surface area contributed by atoms with E-state index in [-0.39, 0.29) is 30.4 Å². The van der Waals surface area contributed by atoms with Crippen LogP contribution in [-0.2, 0) is 9.59 Å². The molecule has 2 heterocycles. The Morgan fingerprint density at radius 3 is 2.61 bits per heavy atom. The number of nitrogens with one attached hydrogen (secondary N) is 1. The number of carbonyl (C=O) groups excluding carboxylic acids is 2. The van der Waals surface area contributed by atoms with Crippen molar-refractivity contribution in [2.24, 2.45) is 0 Å². The van der Waals surface area contributed by atoms with Crippen LogP contribution in [0.1, 0.15) is 51.4 Å². The first-order valence-corrected chi connectivity index (χ1v) is 9.14. The van der Waals surface area contributed by atoms with Crippen molar-refractivity contribution in [2.75, 3.05) is 26.2 Å². The molecule has 2 saturated heterocycles. The third kappa shape index (κ3) is 4.04. The SMILES string of the molecule is O=C(CN1CCCCCC1=O)N[C@@H]1CC[C@@H](N2CCCC2)[C@@H]1O. The lowest BCUT2D eigenvalue weighted by Crippen LogP contribution is -2.50. The third-order valence-corrected chi connectivity index (χ3v) is 5.54. The highest BCUT2D eigenvalue weighted by Crippen LogP contribution is 2.27. The second-order valence-electron chi connectivity index (χ2n) is 7.18. The van der Waals surface area contributed by atoms with Gasteiger partial charge in [0.05, 0.1) is 18.7 Å². The topological polar surface area (TPSA) is 72.9 Å². The van der Waals surface area contributed by atoms with Gasteiger partial charge in [-0.05, 0) is 51.6 Å². The summed E-state index contributed by atoms with van der Waals surface area (Å²) in [5, 5.41) is 13.5. The number of amides is 2. The third-order valence-electron chi connectivity index (χ3n) is 5.54. The summed E-state index contributed by atoms with van der Waals surface area (Å²) < 4.78 is 0. The summed E-state index contributed by atoms with van der Waals surface area (Å²) in [6, 6.07) is 0.0119. The van der Waals surface area contributed by atoms with Crippen LogP contribution < -0.4 is 5.32 Å². The molecule has 1 aliphatic carbocycles. The predicted molar refractivity (Wildman–Crippen MR) is 86.8 cm³/mol. The molecule has 0 spiro atoms. The van der Waals surface area contributed by atoms with Crippen molar-refractivity contribution < 1.29 is 14.7 Å². The lowest BCUT2D eigenvalue weighted by atomic mass is 10.1. The van der Waals surface area contributed by atoms with Crippen LogP contribution in [0.5, 0.6) is 0 Å². The molecule has 3 aliphatic rings. The molecule has 23 heavy (non-hydrogen) atoms. The highest BCUT2D eigenvalue weighted by atomic mass is 16.3. The van der Waals surface area contributed by atoms with Crippen molar-refractivity contribution in [3.8, 4) is 0 Å². The van der Waals surface area contributed by atoms with Crippen LogP contribution in [0.3, 0.4) is 0 Å². The Balaban J connectivity index is 1.48. The average molecular weight is 323 g/mol. The van der Waals surface area contributed by atoms with Crippen LogP contribution in [0, 0.1) is 0 Å². The summed E-state index contributed by atoms with van der Waals surface area (Å²) >= 11 is 0. The molecule has 0 aromatic rings. The van der Waals surface area contributed by atoms with Gasteiger partial charge in [0, 0.05) is 19.0 Å². The molecule has 2 amide bonds. The van der Waals surface area contributed by atoms with Gasteiger partial charge in [0.1, 0.15) is 0 Å². The van der Waals surface area contributed by atoms with Crippen molar-refractivity contribution in [2.45, 2.75) is 69.6 Å². The zero-order valence-electron chi connectivity index (χ0n) is 13.9. The van der Waals surface area contributed by atoms with E-state index >= 15 is 0 Å². The minimum Gasteiger partial charge on any atom is -0.389 e. The summed E-state index contributed by atoms with van der Waals surface area (Å²) in [6.07, 6.45) is 7.19. The van der Waals surface area contributed by atoms with E-state index in [0.29, 0.717) is 13.0 Å². The lowest BCUT2D eigenvalue weighted by molar-refractivity contribution is -0.136. The van der Waals surface area contributed by atoms with E-state index in [9.17, 15) is 14.7 Å². The zero-order valence-corrected chi connectivity index (χ0v) is 13.9. The number of aliphatic hydroxyl groups is 1. The average Bonchev–Trinajstić information content (AvgIpc) is 3.11. The fourth-order valence-electron chi connectivity index (χ4n) is 4.22. The first kappa shape index (κ1) is 16.7. The second kappa shape index (κ2) is 7.62. The van der Waals surface area contributed by atoms with Gasteiger partial charge in [0.2, 0.25) is 11.8 Å². The van der Waals surface area contributed by atoms with Crippen molar-refractivity contribution in [3.05, 3.63) is 0 Å². The minimum absolute atomic E-state index is 0.0829. The summed E-state index contributed by atoms with van der Waals surface area (Å²) in [5.41, 5.74) is 0. The number of rotatable bonds is 4. The first-order valence-electron chi connectivity index (χ1n) is 9.14. The van der Waals surface area contributed by atoms with Crippen LogP contribution in [-0.4, -0.2) is 71.1 Å². The largest absolute Gasteiger partial charge is 0.389 e. The number of hydrogen-bond donors (Lipinski definition) is 2. The summed E-state index contributed by atoms with van der Waals surface area (Å²) in [6.45, 7) is 2.93. The molecule has 130 valence electrons. The molecule has 1 saturated carbocycles. The van der Waals surface area contributed by atoms with Crippen molar-refractivity contribution >= 4 is 11.8 Å². The number of carbonyl (C=O) groups is 2. The van der Waals surface area contributed by atoms with Crippen LogP contribution >= 0.6 is 0 Å². The Morgan fingerprint density at radius 2 is 1.83 bits per heavy atom. The maximum atomic E-state index is 12.3. The molecule has 2 aliphatic heterocycles. The highest BCUT2D eigenvalue weighted by Gasteiger charge is 2.39. The molecule has 0 aromatic heterocycles. The highest BCUT2D eigenvalue weighted by molar-refractivity contribution is 5.85. The molecule has 6 nitrogen and oxygen atoms in total. The Labute approximate surface area is 138 Å². The molecule has 2 N–H and O–H groups in total. The zero-order chi connectivity index (χ0) is 16.2. The standard InChI is InChI=1S/C17H29N3O3/c21-15(12-20-11-3-1-2-6-16(20)22)18-13-7-8-14(17(13)23)19-9-4-5-10-19/h13-14,17,23H,1-12H2,(H,18,21)/t13-,14-,17-/m1/s1. The van der Waals surface area contributed by atoms with Gasteiger partial charge in [-0.15, -0.1) is 0 Å². The van der Waals surface area contributed by atoms with E-state index in [2.05, 4.69) is 10.2 Å².